The number of ether oxygens (including phenoxy) is 2. The quantitative estimate of drug-likeness (QED) is 0.414. The van der Waals surface area contributed by atoms with Gasteiger partial charge in [-0.15, -0.1) is 0 Å². The summed E-state index contributed by atoms with van der Waals surface area (Å²) in [6, 6.07) is 16.9. The van der Waals surface area contributed by atoms with Crippen LogP contribution in [0.15, 0.2) is 53.4 Å². The first-order chi connectivity index (χ1) is 13.9. The van der Waals surface area contributed by atoms with E-state index >= 15 is 0 Å². The zero-order valence-corrected chi connectivity index (χ0v) is 17.5. The van der Waals surface area contributed by atoms with Crippen molar-refractivity contribution >= 4 is 12.0 Å². The van der Waals surface area contributed by atoms with E-state index in [9.17, 15) is 0 Å². The molecule has 0 aromatic heterocycles. The summed E-state index contributed by atoms with van der Waals surface area (Å²) in [5.41, 5.74) is 2.69. The molecule has 4 nitrogen and oxygen atoms in total. The van der Waals surface area contributed by atoms with Crippen molar-refractivity contribution in [1.82, 2.24) is 5.32 Å². The van der Waals surface area contributed by atoms with Crippen LogP contribution in [0.3, 0.4) is 0 Å². The van der Waals surface area contributed by atoms with Crippen LogP contribution in [0.4, 0.5) is 0 Å². The highest BCUT2D eigenvalue weighted by Crippen LogP contribution is 2.36. The first-order valence-corrected chi connectivity index (χ1v) is 10.9. The molecule has 0 aliphatic carbocycles. The van der Waals surface area contributed by atoms with Gasteiger partial charge in [0.1, 0.15) is 5.75 Å². The predicted molar refractivity (Wildman–Crippen MR) is 115 cm³/mol. The average molecular weight is 402 g/mol. The van der Waals surface area contributed by atoms with Gasteiger partial charge in [0.25, 0.3) is 0 Å². The van der Waals surface area contributed by atoms with Crippen LogP contribution in [0.2, 0.25) is 0 Å². The van der Waals surface area contributed by atoms with Crippen molar-refractivity contribution in [2.45, 2.75) is 43.1 Å². The third kappa shape index (κ3) is 6.82. The number of hydrogen-bond acceptors (Lipinski definition) is 5. The Balaban J connectivity index is 1.29. The Hall–Kier alpha value is -1.53. The number of hydrogen-bond donors (Lipinski definition) is 1. The third-order valence-corrected chi connectivity index (χ3v) is 5.67. The highest BCUT2D eigenvalue weighted by atomic mass is 32.2. The lowest BCUT2D eigenvalue weighted by Crippen LogP contribution is -2.32. The average Bonchev–Trinajstić information content (AvgIpc) is 2.75. The van der Waals surface area contributed by atoms with Gasteiger partial charge in [-0.25, -0.2) is 0 Å². The number of fused-ring (bicyclic) bond motifs is 1. The third-order valence-electron chi connectivity index (χ3n) is 4.92. The zero-order valence-electron chi connectivity index (χ0n) is 16.7. The minimum Gasteiger partial charge on any atom is -0.492 e. The van der Waals surface area contributed by atoms with Gasteiger partial charge < -0.3 is 19.0 Å². The maximum atomic E-state index is 5.85. The minimum atomic E-state index is 0.0436. The first kappa shape index (κ1) is 21.2. The summed E-state index contributed by atoms with van der Waals surface area (Å²) >= 11 is 1.39. The minimum absolute atomic E-state index is 0.0436. The van der Waals surface area contributed by atoms with Crippen molar-refractivity contribution in [1.29, 1.82) is 0 Å². The molecule has 0 saturated heterocycles. The highest BCUT2D eigenvalue weighted by Gasteiger charge is 2.16. The molecule has 0 bridgehead atoms. The van der Waals surface area contributed by atoms with Crippen LogP contribution in [0.5, 0.6) is 5.75 Å². The number of benzene rings is 2. The maximum absolute atomic E-state index is 5.85. The van der Waals surface area contributed by atoms with Gasteiger partial charge in [0.05, 0.1) is 24.2 Å². The van der Waals surface area contributed by atoms with Gasteiger partial charge in [-0.2, -0.15) is 0 Å². The maximum Gasteiger partial charge on any atom is 0.138 e. The fourth-order valence-electron chi connectivity index (χ4n) is 3.29. The Morgan fingerprint density at radius 2 is 2.00 bits per heavy atom. The molecule has 3 rings (SSSR count). The van der Waals surface area contributed by atoms with Crippen molar-refractivity contribution in [3.8, 4) is 5.75 Å². The van der Waals surface area contributed by atoms with E-state index in [4.69, 9.17) is 13.7 Å². The number of nitrogens with one attached hydrogen (secondary N) is 1. The van der Waals surface area contributed by atoms with E-state index in [1.54, 1.807) is 7.11 Å². The fraction of sp³-hybridized carbons (Fsp3) is 0.478. The number of rotatable bonds is 12. The number of methoxy groups -OCH3 is 1. The Kier molecular flexibility index (Phi) is 9.17. The van der Waals surface area contributed by atoms with E-state index < -0.39 is 0 Å². The van der Waals surface area contributed by atoms with Crippen LogP contribution in [0, 0.1) is 0 Å². The second-order valence-electron chi connectivity index (χ2n) is 7.07. The monoisotopic (exact) mass is 401 g/mol. The molecule has 1 aliphatic rings. The van der Waals surface area contributed by atoms with Crippen LogP contribution >= 0.6 is 12.0 Å². The number of para-hydroxylation sites is 1. The van der Waals surface area contributed by atoms with Crippen molar-refractivity contribution in [3.05, 3.63) is 59.7 Å². The highest BCUT2D eigenvalue weighted by molar-refractivity contribution is 7.94. The smallest absolute Gasteiger partial charge is 0.138 e. The van der Waals surface area contributed by atoms with Crippen molar-refractivity contribution in [2.75, 3.05) is 33.4 Å². The van der Waals surface area contributed by atoms with Crippen LogP contribution in [0.25, 0.3) is 0 Å². The molecule has 1 atom stereocenters. The summed E-state index contributed by atoms with van der Waals surface area (Å²) in [5.74, 6) is 0.990. The van der Waals surface area contributed by atoms with E-state index in [2.05, 4.69) is 53.8 Å². The lowest BCUT2D eigenvalue weighted by Gasteiger charge is -2.20. The zero-order chi connectivity index (χ0) is 19.4. The summed E-state index contributed by atoms with van der Waals surface area (Å²) in [6.07, 6.45) is 5.71. The van der Waals surface area contributed by atoms with Gasteiger partial charge in [0, 0.05) is 25.7 Å². The normalized spacial score (nSPS) is 14.3. The van der Waals surface area contributed by atoms with Crippen LogP contribution < -0.4 is 10.1 Å². The standard InChI is InChI=1S/C23H31NO3S/c1-25-21(17-24-15-6-5-11-19-9-3-2-4-10-19)18-27-28-22-14-7-12-20-13-8-16-26-23(20)22/h2-4,7,9-10,12,14,21,24H,5-6,8,11,13,15-18H2,1H3. The summed E-state index contributed by atoms with van der Waals surface area (Å²) in [7, 11) is 1.74. The number of aryl methyl sites for hydroxylation is 2. The van der Waals surface area contributed by atoms with Gasteiger partial charge in [-0.3, -0.25) is 0 Å². The van der Waals surface area contributed by atoms with Gasteiger partial charge in [-0.05, 0) is 55.8 Å². The molecule has 2 aromatic carbocycles. The van der Waals surface area contributed by atoms with Crippen molar-refractivity contribution < 1.29 is 13.7 Å². The molecule has 5 heteroatoms. The van der Waals surface area contributed by atoms with Crippen molar-refractivity contribution in [3.63, 3.8) is 0 Å². The van der Waals surface area contributed by atoms with E-state index in [-0.39, 0.29) is 6.10 Å². The molecular weight excluding hydrogens is 370 g/mol. The molecule has 152 valence electrons. The fourth-order valence-corrected chi connectivity index (χ4v) is 4.04. The summed E-state index contributed by atoms with van der Waals surface area (Å²) in [6.45, 7) is 3.13. The molecule has 1 unspecified atom stereocenters. The second-order valence-corrected chi connectivity index (χ2v) is 7.91. The lowest BCUT2D eigenvalue weighted by molar-refractivity contribution is 0.0650. The first-order valence-electron chi connectivity index (χ1n) is 10.2. The molecule has 0 spiro atoms. The molecule has 28 heavy (non-hydrogen) atoms. The molecular formula is C23H31NO3S. The van der Waals surface area contributed by atoms with Gasteiger partial charge >= 0.3 is 0 Å². The number of unbranched alkanes of at least 4 members (excludes halogenated alkanes) is 1. The molecule has 1 aliphatic heterocycles. The van der Waals surface area contributed by atoms with E-state index in [0.717, 1.165) is 56.0 Å². The van der Waals surface area contributed by atoms with Gasteiger partial charge in [-0.1, -0.05) is 42.5 Å². The van der Waals surface area contributed by atoms with Gasteiger partial charge in [0.15, 0.2) is 0 Å². The van der Waals surface area contributed by atoms with Crippen LogP contribution in [0.1, 0.15) is 30.4 Å². The van der Waals surface area contributed by atoms with E-state index in [1.165, 1.54) is 29.6 Å². The SMILES string of the molecule is COC(CNCCCCc1ccccc1)COSc1cccc2c1OCCC2. The largest absolute Gasteiger partial charge is 0.492 e. The molecule has 0 radical (unpaired) electrons. The Labute approximate surface area is 173 Å². The molecule has 2 aromatic rings. The Morgan fingerprint density at radius 1 is 1.11 bits per heavy atom. The van der Waals surface area contributed by atoms with Gasteiger partial charge in [0.2, 0.25) is 0 Å². The van der Waals surface area contributed by atoms with E-state index in [0.29, 0.717) is 6.61 Å². The summed E-state index contributed by atoms with van der Waals surface area (Å²) in [5, 5.41) is 3.48. The second kappa shape index (κ2) is 12.1. The van der Waals surface area contributed by atoms with Crippen LogP contribution in [-0.2, 0) is 21.8 Å². The molecule has 0 amide bonds. The predicted octanol–water partition coefficient (Wildman–Crippen LogP) is 4.66. The molecule has 1 N–H and O–H groups in total. The Morgan fingerprint density at radius 3 is 2.86 bits per heavy atom. The van der Waals surface area contributed by atoms with Crippen LogP contribution in [-0.4, -0.2) is 39.5 Å². The lowest BCUT2D eigenvalue weighted by atomic mass is 10.1. The van der Waals surface area contributed by atoms with E-state index in [1.807, 2.05) is 0 Å². The topological polar surface area (TPSA) is 39.7 Å². The summed E-state index contributed by atoms with van der Waals surface area (Å²) in [4.78, 5) is 1.06. The Bertz CT molecular complexity index is 696. The summed E-state index contributed by atoms with van der Waals surface area (Å²) < 4.78 is 17.2. The molecule has 0 fully saturated rings. The molecule has 0 saturated carbocycles. The molecule has 1 heterocycles. The van der Waals surface area contributed by atoms with Crippen molar-refractivity contribution in [2.24, 2.45) is 0 Å².